The lowest BCUT2D eigenvalue weighted by Gasteiger charge is -2.21. The zero-order chi connectivity index (χ0) is 18.4. The van der Waals surface area contributed by atoms with Crippen molar-refractivity contribution in [2.45, 2.75) is 17.9 Å². The molecule has 136 valence electrons. The normalized spacial score (nSPS) is 12.8. The molecule has 0 saturated carbocycles. The van der Waals surface area contributed by atoms with Crippen LogP contribution in [0.2, 0.25) is 0 Å². The van der Waals surface area contributed by atoms with Crippen LogP contribution in [-0.4, -0.2) is 51.2 Å². The van der Waals surface area contributed by atoms with Gasteiger partial charge in [-0.15, -0.1) is 0 Å². The first kappa shape index (κ1) is 19.2. The maximum Gasteiger partial charge on any atom is 0.242 e. The molecule has 2 rings (SSSR count). The molecule has 2 aromatic rings. The SMILES string of the molecule is COc1cccc(OCC(O)CN(C)S(=O)(=O)c2ccc(C)cc2)c1. The maximum absolute atomic E-state index is 12.5. The van der Waals surface area contributed by atoms with Gasteiger partial charge < -0.3 is 14.6 Å². The van der Waals surface area contributed by atoms with Gasteiger partial charge in [-0.3, -0.25) is 0 Å². The van der Waals surface area contributed by atoms with Crippen molar-refractivity contribution in [2.75, 3.05) is 27.3 Å². The predicted molar refractivity (Wildman–Crippen MR) is 95.5 cm³/mol. The van der Waals surface area contributed by atoms with Gasteiger partial charge in [-0.2, -0.15) is 4.31 Å². The van der Waals surface area contributed by atoms with E-state index >= 15 is 0 Å². The highest BCUT2D eigenvalue weighted by Crippen LogP contribution is 2.19. The molecule has 6 nitrogen and oxygen atoms in total. The largest absolute Gasteiger partial charge is 0.497 e. The van der Waals surface area contributed by atoms with E-state index in [0.717, 1.165) is 9.87 Å². The Morgan fingerprint density at radius 1 is 1.12 bits per heavy atom. The summed E-state index contributed by atoms with van der Waals surface area (Å²) in [6, 6.07) is 13.6. The first-order chi connectivity index (χ1) is 11.8. The lowest BCUT2D eigenvalue weighted by atomic mass is 10.2. The van der Waals surface area contributed by atoms with Gasteiger partial charge >= 0.3 is 0 Å². The highest BCUT2D eigenvalue weighted by Gasteiger charge is 2.23. The van der Waals surface area contributed by atoms with Crippen molar-refractivity contribution in [1.29, 1.82) is 0 Å². The summed E-state index contributed by atoms with van der Waals surface area (Å²) in [4.78, 5) is 0.196. The van der Waals surface area contributed by atoms with E-state index in [1.807, 2.05) is 6.92 Å². The molecule has 7 heteroatoms. The molecule has 0 fully saturated rings. The van der Waals surface area contributed by atoms with E-state index in [9.17, 15) is 13.5 Å². The summed E-state index contributed by atoms with van der Waals surface area (Å²) in [5.41, 5.74) is 0.980. The van der Waals surface area contributed by atoms with Crippen molar-refractivity contribution in [2.24, 2.45) is 0 Å². The first-order valence-electron chi connectivity index (χ1n) is 7.81. The Hall–Kier alpha value is -2.09. The molecule has 0 aliphatic rings. The molecule has 0 amide bonds. The molecule has 1 atom stereocenters. The molecular weight excluding hydrogens is 342 g/mol. The molecule has 0 aromatic heterocycles. The molecule has 0 aliphatic carbocycles. The van der Waals surface area contributed by atoms with Gasteiger partial charge in [-0.1, -0.05) is 23.8 Å². The summed E-state index contributed by atoms with van der Waals surface area (Å²) in [5, 5.41) is 10.1. The second kappa shape index (κ2) is 8.33. The number of aryl methyl sites for hydroxylation is 1. The number of benzene rings is 2. The van der Waals surface area contributed by atoms with Crippen LogP contribution in [0.25, 0.3) is 0 Å². The molecule has 0 saturated heterocycles. The molecule has 2 aromatic carbocycles. The fourth-order valence-electron chi connectivity index (χ4n) is 2.22. The third kappa shape index (κ3) is 5.19. The summed E-state index contributed by atoms with van der Waals surface area (Å²) >= 11 is 0. The number of nitrogens with zero attached hydrogens (tertiary/aromatic N) is 1. The zero-order valence-electron chi connectivity index (χ0n) is 14.5. The van der Waals surface area contributed by atoms with Crippen LogP contribution >= 0.6 is 0 Å². The number of aliphatic hydroxyl groups excluding tert-OH is 1. The molecular formula is C18H23NO5S. The van der Waals surface area contributed by atoms with Crippen molar-refractivity contribution in [1.82, 2.24) is 4.31 Å². The van der Waals surface area contributed by atoms with Gasteiger partial charge in [0.05, 0.1) is 12.0 Å². The van der Waals surface area contributed by atoms with Crippen LogP contribution in [-0.2, 0) is 10.0 Å². The highest BCUT2D eigenvalue weighted by molar-refractivity contribution is 7.89. The molecule has 1 N–H and O–H groups in total. The molecule has 1 unspecified atom stereocenters. The predicted octanol–water partition coefficient (Wildman–Crippen LogP) is 2.06. The fraction of sp³-hybridized carbons (Fsp3) is 0.333. The first-order valence-corrected chi connectivity index (χ1v) is 9.25. The monoisotopic (exact) mass is 365 g/mol. The van der Waals surface area contributed by atoms with Gasteiger partial charge in [0.15, 0.2) is 0 Å². The Labute approximate surface area is 148 Å². The van der Waals surface area contributed by atoms with Crippen LogP contribution in [0, 0.1) is 6.92 Å². The van der Waals surface area contributed by atoms with Gasteiger partial charge in [0.25, 0.3) is 0 Å². The molecule has 0 radical (unpaired) electrons. The lowest BCUT2D eigenvalue weighted by molar-refractivity contribution is 0.0934. The van der Waals surface area contributed by atoms with Crippen molar-refractivity contribution in [3.63, 3.8) is 0 Å². The third-order valence-corrected chi connectivity index (χ3v) is 5.52. The molecule has 25 heavy (non-hydrogen) atoms. The Morgan fingerprint density at radius 3 is 2.40 bits per heavy atom. The average Bonchev–Trinajstić information content (AvgIpc) is 2.60. The van der Waals surface area contributed by atoms with E-state index in [4.69, 9.17) is 9.47 Å². The van der Waals surface area contributed by atoms with Crippen LogP contribution in [0.15, 0.2) is 53.4 Å². The van der Waals surface area contributed by atoms with Gasteiger partial charge in [-0.25, -0.2) is 8.42 Å². The Morgan fingerprint density at radius 2 is 1.76 bits per heavy atom. The number of likely N-dealkylation sites (N-methyl/N-ethyl adjacent to an activating group) is 1. The van der Waals surface area contributed by atoms with Crippen LogP contribution in [0.3, 0.4) is 0 Å². The van der Waals surface area contributed by atoms with Gasteiger partial charge in [-0.05, 0) is 31.2 Å². The minimum Gasteiger partial charge on any atom is -0.497 e. The van der Waals surface area contributed by atoms with E-state index in [-0.39, 0.29) is 18.0 Å². The molecule has 0 aliphatic heterocycles. The number of rotatable bonds is 8. The standard InChI is InChI=1S/C18H23NO5S/c1-14-7-9-18(10-8-14)25(21,22)19(2)12-15(20)13-24-17-6-4-5-16(11-17)23-3/h4-11,15,20H,12-13H2,1-3H3. The van der Waals surface area contributed by atoms with Crippen molar-refractivity contribution in [3.8, 4) is 11.5 Å². The number of sulfonamides is 1. The fourth-order valence-corrected chi connectivity index (χ4v) is 3.43. The number of methoxy groups -OCH3 is 1. The number of hydrogen-bond acceptors (Lipinski definition) is 5. The summed E-state index contributed by atoms with van der Waals surface area (Å²) in [6.07, 6.45) is -0.962. The van der Waals surface area contributed by atoms with E-state index < -0.39 is 16.1 Å². The third-order valence-electron chi connectivity index (χ3n) is 3.68. The van der Waals surface area contributed by atoms with E-state index in [2.05, 4.69) is 0 Å². The smallest absolute Gasteiger partial charge is 0.242 e. The van der Waals surface area contributed by atoms with E-state index in [0.29, 0.717) is 11.5 Å². The maximum atomic E-state index is 12.5. The second-order valence-corrected chi connectivity index (χ2v) is 7.79. The van der Waals surface area contributed by atoms with Gasteiger partial charge in [0.2, 0.25) is 10.0 Å². The second-order valence-electron chi connectivity index (χ2n) is 5.74. The lowest BCUT2D eigenvalue weighted by Crippen LogP contribution is -2.37. The molecule has 0 bridgehead atoms. The average molecular weight is 365 g/mol. The summed E-state index contributed by atoms with van der Waals surface area (Å²) in [5.74, 6) is 1.19. The summed E-state index contributed by atoms with van der Waals surface area (Å²) < 4.78 is 36.7. The zero-order valence-corrected chi connectivity index (χ0v) is 15.4. The van der Waals surface area contributed by atoms with Gasteiger partial charge in [0, 0.05) is 19.7 Å². The number of aliphatic hydroxyl groups is 1. The topological polar surface area (TPSA) is 76.1 Å². The Balaban J connectivity index is 1.94. The van der Waals surface area contributed by atoms with Crippen molar-refractivity contribution in [3.05, 3.63) is 54.1 Å². The van der Waals surface area contributed by atoms with Crippen LogP contribution in [0.1, 0.15) is 5.56 Å². The Bertz CT molecular complexity index is 789. The van der Waals surface area contributed by atoms with Gasteiger partial charge in [0.1, 0.15) is 24.2 Å². The van der Waals surface area contributed by atoms with Crippen LogP contribution in [0.5, 0.6) is 11.5 Å². The number of hydrogen-bond donors (Lipinski definition) is 1. The van der Waals surface area contributed by atoms with Crippen LogP contribution in [0.4, 0.5) is 0 Å². The van der Waals surface area contributed by atoms with Crippen molar-refractivity contribution < 1.29 is 23.0 Å². The molecule has 0 spiro atoms. The Kier molecular flexibility index (Phi) is 6.41. The summed E-state index contributed by atoms with van der Waals surface area (Å²) in [7, 11) is -0.658. The van der Waals surface area contributed by atoms with Crippen molar-refractivity contribution >= 4 is 10.0 Å². The van der Waals surface area contributed by atoms with E-state index in [1.54, 1.807) is 55.6 Å². The molecule has 0 heterocycles. The minimum absolute atomic E-state index is 0.0269. The van der Waals surface area contributed by atoms with Crippen LogP contribution < -0.4 is 9.47 Å². The van der Waals surface area contributed by atoms with E-state index in [1.165, 1.54) is 7.05 Å². The quantitative estimate of drug-likeness (QED) is 0.775. The summed E-state index contributed by atoms with van der Waals surface area (Å²) in [6.45, 7) is 1.79. The number of ether oxygens (including phenoxy) is 2. The minimum atomic E-state index is -3.65. The highest BCUT2D eigenvalue weighted by atomic mass is 32.2.